The average Bonchev–Trinajstić information content (AvgIpc) is 2.30. The van der Waals surface area contributed by atoms with Crippen molar-refractivity contribution < 1.29 is 4.79 Å². The van der Waals surface area contributed by atoms with Crippen LogP contribution in [0.15, 0.2) is 0 Å². The number of nitrogens with zero attached hydrogens (tertiary/aromatic N) is 1. The SMILES string of the molecule is O=C(Cl)N1CCCCC1C1CCNCC1. The molecule has 2 saturated heterocycles. The van der Waals surface area contributed by atoms with Crippen molar-refractivity contribution in [3.05, 3.63) is 0 Å². The van der Waals surface area contributed by atoms with Gasteiger partial charge in [-0.05, 0) is 62.7 Å². The topological polar surface area (TPSA) is 32.3 Å². The lowest BCUT2D eigenvalue weighted by atomic mass is 9.84. The minimum atomic E-state index is -0.252. The fraction of sp³-hybridized carbons (Fsp3) is 0.909. The summed E-state index contributed by atoms with van der Waals surface area (Å²) in [7, 11) is 0. The number of likely N-dealkylation sites (tertiary alicyclic amines) is 1. The summed E-state index contributed by atoms with van der Waals surface area (Å²) < 4.78 is 0. The van der Waals surface area contributed by atoms with Gasteiger partial charge in [-0.1, -0.05) is 0 Å². The highest BCUT2D eigenvalue weighted by Crippen LogP contribution is 2.29. The second-order valence-electron chi connectivity index (χ2n) is 4.60. The number of carbonyl (C=O) groups is 1. The predicted molar refractivity (Wildman–Crippen MR) is 61.2 cm³/mol. The molecule has 15 heavy (non-hydrogen) atoms. The van der Waals surface area contributed by atoms with E-state index in [2.05, 4.69) is 5.32 Å². The Morgan fingerprint density at radius 1 is 1.20 bits per heavy atom. The zero-order chi connectivity index (χ0) is 10.7. The Labute approximate surface area is 96.2 Å². The lowest BCUT2D eigenvalue weighted by molar-refractivity contribution is 0.119. The summed E-state index contributed by atoms with van der Waals surface area (Å²) in [4.78, 5) is 13.2. The zero-order valence-corrected chi connectivity index (χ0v) is 9.80. The molecular weight excluding hydrogens is 212 g/mol. The summed E-state index contributed by atoms with van der Waals surface area (Å²) in [5.41, 5.74) is 0. The molecule has 0 bridgehead atoms. The van der Waals surface area contributed by atoms with E-state index in [0.29, 0.717) is 12.0 Å². The van der Waals surface area contributed by atoms with Gasteiger partial charge < -0.3 is 10.2 Å². The van der Waals surface area contributed by atoms with E-state index in [-0.39, 0.29) is 5.37 Å². The minimum Gasteiger partial charge on any atom is -0.326 e. The van der Waals surface area contributed by atoms with E-state index in [9.17, 15) is 4.79 Å². The first-order valence-corrected chi connectivity index (χ1v) is 6.33. The van der Waals surface area contributed by atoms with Gasteiger partial charge in [0.05, 0.1) is 0 Å². The van der Waals surface area contributed by atoms with Crippen LogP contribution < -0.4 is 5.32 Å². The van der Waals surface area contributed by atoms with Gasteiger partial charge in [-0.25, -0.2) is 0 Å². The third kappa shape index (κ3) is 2.64. The van der Waals surface area contributed by atoms with Crippen LogP contribution in [0.2, 0.25) is 0 Å². The van der Waals surface area contributed by atoms with Crippen molar-refractivity contribution in [1.82, 2.24) is 10.2 Å². The van der Waals surface area contributed by atoms with Crippen LogP contribution in [0.3, 0.4) is 0 Å². The molecular formula is C11H19ClN2O. The van der Waals surface area contributed by atoms with E-state index in [1.165, 1.54) is 19.3 Å². The third-order valence-electron chi connectivity index (χ3n) is 3.70. The Morgan fingerprint density at radius 2 is 1.93 bits per heavy atom. The molecule has 2 aliphatic rings. The summed E-state index contributed by atoms with van der Waals surface area (Å²) in [6.45, 7) is 3.04. The van der Waals surface area contributed by atoms with Gasteiger partial charge in [0.15, 0.2) is 0 Å². The summed E-state index contributed by atoms with van der Waals surface area (Å²) in [6.07, 6.45) is 5.87. The molecule has 2 aliphatic heterocycles. The summed E-state index contributed by atoms with van der Waals surface area (Å²) >= 11 is 5.64. The number of hydrogen-bond donors (Lipinski definition) is 1. The van der Waals surface area contributed by atoms with Crippen LogP contribution in [-0.4, -0.2) is 35.9 Å². The maximum absolute atomic E-state index is 11.3. The Kier molecular flexibility index (Phi) is 3.87. The molecule has 0 aromatic heterocycles. The summed E-state index contributed by atoms with van der Waals surface area (Å²) in [6, 6.07) is 0.408. The number of rotatable bonds is 1. The van der Waals surface area contributed by atoms with Gasteiger partial charge in [-0.2, -0.15) is 0 Å². The molecule has 4 heteroatoms. The van der Waals surface area contributed by atoms with Crippen LogP contribution in [0.1, 0.15) is 32.1 Å². The van der Waals surface area contributed by atoms with Crippen molar-refractivity contribution in [2.75, 3.05) is 19.6 Å². The fourth-order valence-electron chi connectivity index (χ4n) is 2.89. The standard InChI is InChI=1S/C11H19ClN2O/c12-11(15)14-8-2-1-3-10(14)9-4-6-13-7-5-9/h9-10,13H,1-8H2. The van der Waals surface area contributed by atoms with E-state index in [1.54, 1.807) is 0 Å². The Morgan fingerprint density at radius 3 is 2.60 bits per heavy atom. The maximum atomic E-state index is 11.3. The van der Waals surface area contributed by atoms with Crippen LogP contribution >= 0.6 is 11.6 Å². The highest BCUT2D eigenvalue weighted by atomic mass is 35.5. The van der Waals surface area contributed by atoms with E-state index in [4.69, 9.17) is 11.6 Å². The molecule has 86 valence electrons. The van der Waals surface area contributed by atoms with Crippen LogP contribution in [0, 0.1) is 5.92 Å². The molecule has 0 saturated carbocycles. The highest BCUT2D eigenvalue weighted by Gasteiger charge is 2.32. The molecule has 0 radical (unpaired) electrons. The second kappa shape index (κ2) is 5.17. The third-order valence-corrected chi connectivity index (χ3v) is 3.92. The van der Waals surface area contributed by atoms with Crippen molar-refractivity contribution in [3.63, 3.8) is 0 Å². The predicted octanol–water partition coefficient (Wildman–Crippen LogP) is 2.20. The smallest absolute Gasteiger partial charge is 0.316 e. The molecule has 3 nitrogen and oxygen atoms in total. The molecule has 0 aromatic rings. The van der Waals surface area contributed by atoms with Crippen molar-refractivity contribution in [2.24, 2.45) is 5.92 Å². The number of amides is 1. The molecule has 1 atom stereocenters. The second-order valence-corrected chi connectivity index (χ2v) is 4.92. The minimum absolute atomic E-state index is 0.252. The molecule has 0 aromatic carbocycles. The lowest BCUT2D eigenvalue weighted by Crippen LogP contribution is -2.48. The number of piperidine rings is 2. The average molecular weight is 231 g/mol. The van der Waals surface area contributed by atoms with Crippen LogP contribution in [0.5, 0.6) is 0 Å². The van der Waals surface area contributed by atoms with Crippen molar-refractivity contribution in [1.29, 1.82) is 0 Å². The molecule has 2 fully saturated rings. The summed E-state index contributed by atoms with van der Waals surface area (Å²) in [5.74, 6) is 0.661. The number of carbonyl (C=O) groups excluding carboxylic acids is 1. The number of hydrogen-bond acceptors (Lipinski definition) is 2. The molecule has 1 amide bonds. The first-order valence-electron chi connectivity index (χ1n) is 5.96. The van der Waals surface area contributed by atoms with E-state index >= 15 is 0 Å². The summed E-state index contributed by atoms with van der Waals surface area (Å²) in [5, 5.41) is 3.11. The van der Waals surface area contributed by atoms with E-state index < -0.39 is 0 Å². The van der Waals surface area contributed by atoms with Crippen LogP contribution in [-0.2, 0) is 0 Å². The lowest BCUT2D eigenvalue weighted by Gasteiger charge is -2.40. The van der Waals surface area contributed by atoms with Gasteiger partial charge >= 0.3 is 5.37 Å². The van der Waals surface area contributed by atoms with Crippen molar-refractivity contribution in [2.45, 2.75) is 38.1 Å². The van der Waals surface area contributed by atoms with Gasteiger partial charge in [0.1, 0.15) is 0 Å². The first-order chi connectivity index (χ1) is 7.29. The quantitative estimate of drug-likeness (QED) is 0.553. The first kappa shape index (κ1) is 11.2. The van der Waals surface area contributed by atoms with Gasteiger partial charge in [-0.3, -0.25) is 4.79 Å². The van der Waals surface area contributed by atoms with Gasteiger partial charge in [0.2, 0.25) is 0 Å². The highest BCUT2D eigenvalue weighted by molar-refractivity contribution is 6.62. The van der Waals surface area contributed by atoms with Crippen LogP contribution in [0.25, 0.3) is 0 Å². The normalized spacial score (nSPS) is 29.1. The Balaban J connectivity index is 1.99. The molecule has 0 spiro atoms. The van der Waals surface area contributed by atoms with Crippen molar-refractivity contribution in [3.8, 4) is 0 Å². The molecule has 0 aliphatic carbocycles. The Hall–Kier alpha value is -0.280. The van der Waals surface area contributed by atoms with E-state index in [1.807, 2.05) is 4.90 Å². The fourth-order valence-corrected chi connectivity index (χ4v) is 3.10. The molecule has 2 rings (SSSR count). The largest absolute Gasteiger partial charge is 0.326 e. The molecule has 1 unspecified atom stereocenters. The van der Waals surface area contributed by atoms with Gasteiger partial charge in [-0.15, -0.1) is 0 Å². The van der Waals surface area contributed by atoms with Gasteiger partial charge in [0, 0.05) is 12.6 Å². The molecule has 2 heterocycles. The number of nitrogens with one attached hydrogen (secondary N) is 1. The molecule has 1 N–H and O–H groups in total. The van der Waals surface area contributed by atoms with E-state index in [0.717, 1.165) is 32.5 Å². The number of halogens is 1. The van der Waals surface area contributed by atoms with Crippen LogP contribution in [0.4, 0.5) is 4.79 Å². The van der Waals surface area contributed by atoms with Gasteiger partial charge in [0.25, 0.3) is 0 Å². The van der Waals surface area contributed by atoms with Crippen molar-refractivity contribution >= 4 is 17.0 Å². The Bertz CT molecular complexity index is 229. The maximum Gasteiger partial charge on any atom is 0.316 e. The monoisotopic (exact) mass is 230 g/mol. The zero-order valence-electron chi connectivity index (χ0n) is 9.04.